The number of rotatable bonds is 6. The standard InChI is InChI=1S/C38H33NS/c1-26-25-27(2)29(4)34(28(26)3)37-35(30-17-9-5-10-18-30)36(31-19-11-6-12-20-31)38(40-37)39(32-21-13-7-14-22-32)33-23-15-8-16-24-33/h5-25H,1-4H3. The molecule has 0 bridgehead atoms. The molecule has 0 aliphatic carbocycles. The van der Waals surface area contributed by atoms with Crippen LogP contribution >= 0.6 is 11.3 Å². The average Bonchev–Trinajstić information content (AvgIpc) is 3.38. The van der Waals surface area contributed by atoms with Crippen LogP contribution in [0.3, 0.4) is 0 Å². The Morgan fingerprint density at radius 1 is 0.450 bits per heavy atom. The number of para-hydroxylation sites is 2. The van der Waals surface area contributed by atoms with Gasteiger partial charge in [-0.25, -0.2) is 0 Å². The molecule has 0 unspecified atom stereocenters. The summed E-state index contributed by atoms with van der Waals surface area (Å²) in [6.07, 6.45) is 0. The number of benzene rings is 5. The second-order valence-corrected chi connectivity index (χ2v) is 11.4. The van der Waals surface area contributed by atoms with Gasteiger partial charge in [0.15, 0.2) is 0 Å². The van der Waals surface area contributed by atoms with Crippen LogP contribution in [0.5, 0.6) is 0 Å². The van der Waals surface area contributed by atoms with Crippen molar-refractivity contribution < 1.29 is 0 Å². The number of hydrogen-bond acceptors (Lipinski definition) is 2. The zero-order chi connectivity index (χ0) is 27.6. The molecular formula is C38H33NS. The van der Waals surface area contributed by atoms with E-state index in [4.69, 9.17) is 0 Å². The molecule has 1 heterocycles. The van der Waals surface area contributed by atoms with E-state index in [1.54, 1.807) is 0 Å². The highest BCUT2D eigenvalue weighted by molar-refractivity contribution is 7.21. The lowest BCUT2D eigenvalue weighted by Crippen LogP contribution is -2.09. The number of nitrogens with zero attached hydrogens (tertiary/aromatic N) is 1. The maximum atomic E-state index is 2.43. The minimum absolute atomic E-state index is 1.15. The Morgan fingerprint density at radius 2 is 0.850 bits per heavy atom. The number of hydrogen-bond donors (Lipinski definition) is 0. The van der Waals surface area contributed by atoms with Crippen molar-refractivity contribution in [3.05, 3.63) is 150 Å². The molecule has 0 radical (unpaired) electrons. The van der Waals surface area contributed by atoms with Crippen LogP contribution < -0.4 is 4.90 Å². The molecular weight excluding hydrogens is 502 g/mol. The second-order valence-electron chi connectivity index (χ2n) is 10.4. The molecule has 0 atom stereocenters. The van der Waals surface area contributed by atoms with Gasteiger partial charge in [0.25, 0.3) is 0 Å². The van der Waals surface area contributed by atoms with Crippen LogP contribution in [0, 0.1) is 27.7 Å². The van der Waals surface area contributed by atoms with Crippen LogP contribution in [0.1, 0.15) is 22.3 Å². The number of anilines is 3. The minimum atomic E-state index is 1.15. The Balaban J connectivity index is 1.79. The zero-order valence-corrected chi connectivity index (χ0v) is 24.3. The van der Waals surface area contributed by atoms with Crippen LogP contribution in [0.2, 0.25) is 0 Å². The van der Waals surface area contributed by atoms with Gasteiger partial charge in [-0.2, -0.15) is 0 Å². The van der Waals surface area contributed by atoms with Gasteiger partial charge in [0.1, 0.15) is 5.00 Å². The number of aryl methyl sites for hydroxylation is 2. The van der Waals surface area contributed by atoms with Gasteiger partial charge in [-0.3, -0.25) is 0 Å². The summed E-state index contributed by atoms with van der Waals surface area (Å²) in [5.74, 6) is 0. The van der Waals surface area contributed by atoms with E-state index < -0.39 is 0 Å². The Hall–Kier alpha value is -4.40. The van der Waals surface area contributed by atoms with Gasteiger partial charge in [-0.05, 0) is 90.9 Å². The average molecular weight is 536 g/mol. The lowest BCUT2D eigenvalue weighted by atomic mass is 9.88. The van der Waals surface area contributed by atoms with Crippen molar-refractivity contribution in [2.45, 2.75) is 27.7 Å². The molecule has 40 heavy (non-hydrogen) atoms. The van der Waals surface area contributed by atoms with E-state index in [2.05, 4.69) is 160 Å². The first kappa shape index (κ1) is 25.9. The maximum absolute atomic E-state index is 2.43. The molecule has 6 aromatic rings. The molecule has 0 saturated carbocycles. The van der Waals surface area contributed by atoms with Crippen molar-refractivity contribution in [3.63, 3.8) is 0 Å². The SMILES string of the molecule is Cc1cc(C)c(C)c(-c2sc(N(c3ccccc3)c3ccccc3)c(-c3ccccc3)c2-c2ccccc2)c1C. The predicted octanol–water partition coefficient (Wildman–Crippen LogP) is 11.5. The Kier molecular flexibility index (Phi) is 7.11. The molecule has 0 saturated heterocycles. The smallest absolute Gasteiger partial charge is 0.109 e. The van der Waals surface area contributed by atoms with Crippen LogP contribution in [-0.2, 0) is 0 Å². The van der Waals surface area contributed by atoms with Crippen molar-refractivity contribution in [2.24, 2.45) is 0 Å². The summed E-state index contributed by atoms with van der Waals surface area (Å²) in [6.45, 7) is 9.03. The van der Waals surface area contributed by atoms with E-state index in [1.807, 2.05) is 11.3 Å². The molecule has 1 aromatic heterocycles. The third kappa shape index (κ3) is 4.65. The van der Waals surface area contributed by atoms with Crippen LogP contribution in [0.25, 0.3) is 32.7 Å². The van der Waals surface area contributed by atoms with Crippen LogP contribution in [0.4, 0.5) is 16.4 Å². The highest BCUT2D eigenvalue weighted by Gasteiger charge is 2.28. The maximum Gasteiger partial charge on any atom is 0.109 e. The lowest BCUT2D eigenvalue weighted by Gasteiger charge is -2.25. The lowest BCUT2D eigenvalue weighted by molar-refractivity contribution is 1.25. The van der Waals surface area contributed by atoms with Crippen molar-refractivity contribution in [3.8, 4) is 32.7 Å². The molecule has 0 amide bonds. The van der Waals surface area contributed by atoms with Crippen LogP contribution in [-0.4, -0.2) is 0 Å². The molecule has 1 nitrogen and oxygen atoms in total. The molecule has 2 heteroatoms. The van der Waals surface area contributed by atoms with Crippen molar-refractivity contribution >= 4 is 27.7 Å². The minimum Gasteiger partial charge on any atom is -0.301 e. The van der Waals surface area contributed by atoms with Crippen molar-refractivity contribution in [1.82, 2.24) is 0 Å². The summed E-state index contributed by atoms with van der Waals surface area (Å²) in [7, 11) is 0. The Morgan fingerprint density at radius 3 is 1.30 bits per heavy atom. The normalized spacial score (nSPS) is 11.0. The molecule has 196 valence electrons. The van der Waals surface area contributed by atoms with Crippen molar-refractivity contribution in [1.29, 1.82) is 0 Å². The third-order valence-corrected chi connectivity index (χ3v) is 9.03. The van der Waals surface area contributed by atoms with Gasteiger partial charge in [0.2, 0.25) is 0 Å². The fraction of sp³-hybridized carbons (Fsp3) is 0.105. The highest BCUT2D eigenvalue weighted by Crippen LogP contribution is 2.56. The van der Waals surface area contributed by atoms with E-state index in [0.29, 0.717) is 0 Å². The second kappa shape index (κ2) is 11.0. The van der Waals surface area contributed by atoms with Gasteiger partial charge in [0, 0.05) is 27.4 Å². The first-order valence-corrected chi connectivity index (χ1v) is 14.6. The van der Waals surface area contributed by atoms with E-state index >= 15 is 0 Å². The van der Waals surface area contributed by atoms with Gasteiger partial charge in [-0.15, -0.1) is 11.3 Å². The van der Waals surface area contributed by atoms with E-state index in [-0.39, 0.29) is 0 Å². The molecule has 0 N–H and O–H groups in total. The Bertz CT molecular complexity index is 1690. The van der Waals surface area contributed by atoms with Gasteiger partial charge in [-0.1, -0.05) is 103 Å². The Labute approximate surface area is 242 Å². The summed E-state index contributed by atoms with van der Waals surface area (Å²) in [5, 5.41) is 1.22. The van der Waals surface area contributed by atoms with E-state index in [1.165, 1.54) is 59.9 Å². The first-order valence-electron chi connectivity index (χ1n) is 13.8. The third-order valence-electron chi connectivity index (χ3n) is 7.84. The summed E-state index contributed by atoms with van der Waals surface area (Å²) in [5.41, 5.74) is 14.0. The topological polar surface area (TPSA) is 3.24 Å². The van der Waals surface area contributed by atoms with E-state index in [9.17, 15) is 0 Å². The first-order chi connectivity index (χ1) is 19.5. The fourth-order valence-corrected chi connectivity index (χ4v) is 7.15. The highest BCUT2D eigenvalue weighted by atomic mass is 32.1. The predicted molar refractivity (Wildman–Crippen MR) is 174 cm³/mol. The monoisotopic (exact) mass is 535 g/mol. The van der Waals surface area contributed by atoms with E-state index in [0.717, 1.165) is 11.4 Å². The van der Waals surface area contributed by atoms with Gasteiger partial charge >= 0.3 is 0 Å². The molecule has 6 rings (SSSR count). The summed E-state index contributed by atoms with van der Waals surface area (Å²) >= 11 is 1.90. The number of thiophene rings is 1. The molecule has 0 spiro atoms. The zero-order valence-electron chi connectivity index (χ0n) is 23.5. The summed E-state index contributed by atoms with van der Waals surface area (Å²) < 4.78 is 0. The quantitative estimate of drug-likeness (QED) is 0.205. The molecule has 0 fully saturated rings. The van der Waals surface area contributed by atoms with Gasteiger partial charge in [0.05, 0.1) is 0 Å². The fourth-order valence-electron chi connectivity index (χ4n) is 5.60. The summed E-state index contributed by atoms with van der Waals surface area (Å²) in [6, 6.07) is 45.6. The van der Waals surface area contributed by atoms with Crippen LogP contribution in [0.15, 0.2) is 127 Å². The summed E-state index contributed by atoms with van der Waals surface area (Å²) in [4.78, 5) is 3.75. The van der Waals surface area contributed by atoms with Crippen molar-refractivity contribution in [2.75, 3.05) is 4.90 Å². The van der Waals surface area contributed by atoms with Gasteiger partial charge < -0.3 is 4.90 Å². The molecule has 0 aliphatic heterocycles. The largest absolute Gasteiger partial charge is 0.301 e. The molecule has 5 aromatic carbocycles. The molecule has 0 aliphatic rings.